The van der Waals surface area contributed by atoms with Gasteiger partial charge in [0.05, 0.1) is 5.52 Å². The van der Waals surface area contributed by atoms with Gasteiger partial charge in [-0.05, 0) is 18.2 Å². The quantitative estimate of drug-likeness (QED) is 0.808. The minimum absolute atomic E-state index is 0.140. The van der Waals surface area contributed by atoms with Crippen molar-refractivity contribution in [3.05, 3.63) is 34.3 Å². The Morgan fingerprint density at radius 3 is 2.68 bits per heavy atom. The fourth-order valence-corrected chi connectivity index (χ4v) is 2.53. The molecule has 0 unspecified atom stereocenters. The van der Waals surface area contributed by atoms with Crippen LogP contribution in [0.1, 0.15) is 10.4 Å². The molecule has 2 heterocycles. The van der Waals surface area contributed by atoms with Gasteiger partial charge in [0, 0.05) is 31.7 Å². The molecule has 1 saturated heterocycles. The fourth-order valence-electron chi connectivity index (χ4n) is 2.53. The molecule has 2 N–H and O–H groups in total. The molecular formula is C14H15N3O5. The van der Waals surface area contributed by atoms with Crippen LogP contribution in [0.3, 0.4) is 0 Å². The van der Waals surface area contributed by atoms with Crippen LogP contribution in [-0.4, -0.2) is 52.6 Å². The first-order chi connectivity index (χ1) is 10.6. The van der Waals surface area contributed by atoms with Gasteiger partial charge in [0.2, 0.25) is 0 Å². The van der Waals surface area contributed by atoms with E-state index in [4.69, 9.17) is 9.52 Å². The number of carboxylic acids is 1. The second-order valence-corrected chi connectivity index (χ2v) is 5.07. The Labute approximate surface area is 124 Å². The second-order valence-electron chi connectivity index (χ2n) is 5.07. The molecule has 8 heteroatoms. The lowest BCUT2D eigenvalue weighted by Crippen LogP contribution is -2.46. The van der Waals surface area contributed by atoms with Crippen LogP contribution in [0.15, 0.2) is 27.4 Å². The highest BCUT2D eigenvalue weighted by Crippen LogP contribution is 2.17. The lowest BCUT2D eigenvalue weighted by atomic mass is 10.1. The summed E-state index contributed by atoms with van der Waals surface area (Å²) in [4.78, 5) is 36.7. The zero-order chi connectivity index (χ0) is 15.7. The Morgan fingerprint density at radius 1 is 1.27 bits per heavy atom. The summed E-state index contributed by atoms with van der Waals surface area (Å²) in [6.45, 7) is 2.21. The van der Waals surface area contributed by atoms with E-state index < -0.39 is 18.3 Å². The van der Waals surface area contributed by atoms with Crippen molar-refractivity contribution < 1.29 is 19.1 Å². The molecule has 0 aliphatic carbocycles. The van der Waals surface area contributed by atoms with Crippen LogP contribution in [0.5, 0.6) is 0 Å². The normalized spacial score (nSPS) is 15.2. The van der Waals surface area contributed by atoms with Crippen LogP contribution >= 0.6 is 0 Å². The van der Waals surface area contributed by atoms with Gasteiger partial charge in [0.25, 0.3) is 5.91 Å². The number of hydrogen-bond acceptors (Lipinski definition) is 5. The number of hydrogen-bond donors (Lipinski definition) is 2. The van der Waals surface area contributed by atoms with E-state index in [9.17, 15) is 14.4 Å². The first-order valence-corrected chi connectivity index (χ1v) is 6.91. The van der Waals surface area contributed by atoms with Gasteiger partial charge in [-0.3, -0.25) is 14.2 Å². The number of piperazine rings is 1. The third kappa shape index (κ3) is 2.60. The summed E-state index contributed by atoms with van der Waals surface area (Å²) >= 11 is 0. The average Bonchev–Trinajstić information content (AvgIpc) is 2.82. The van der Waals surface area contributed by atoms with Crippen molar-refractivity contribution in [3.8, 4) is 0 Å². The molecule has 0 atom stereocenters. The monoisotopic (exact) mass is 305 g/mol. The van der Waals surface area contributed by atoms with E-state index in [1.807, 2.05) is 0 Å². The van der Waals surface area contributed by atoms with Crippen LogP contribution in [0.4, 0.5) is 0 Å². The number of carboxylic acid groups (broad SMARTS) is 1. The summed E-state index contributed by atoms with van der Waals surface area (Å²) in [5, 5.41) is 12.0. The summed E-state index contributed by atoms with van der Waals surface area (Å²) in [6.07, 6.45) is 0. The average molecular weight is 305 g/mol. The number of aliphatic carboxylic acids is 1. The van der Waals surface area contributed by atoms with Crippen LogP contribution in [0.25, 0.3) is 11.1 Å². The predicted molar refractivity (Wildman–Crippen MR) is 76.9 cm³/mol. The fraction of sp³-hybridized carbons (Fsp3) is 0.357. The smallest absolute Gasteiger partial charge is 0.420 e. The molecule has 3 rings (SSSR count). The molecule has 0 saturated carbocycles. The van der Waals surface area contributed by atoms with Gasteiger partial charge >= 0.3 is 11.7 Å². The third-order valence-corrected chi connectivity index (χ3v) is 3.61. The Balaban J connectivity index is 1.99. The maximum absolute atomic E-state index is 12.4. The molecule has 0 radical (unpaired) electrons. The number of carbonyl (C=O) groups excluding carboxylic acids is 1. The van der Waals surface area contributed by atoms with E-state index in [2.05, 4.69) is 5.32 Å². The molecule has 0 spiro atoms. The zero-order valence-electron chi connectivity index (χ0n) is 11.7. The van der Waals surface area contributed by atoms with Gasteiger partial charge < -0.3 is 19.7 Å². The molecule has 116 valence electrons. The molecule has 1 aromatic carbocycles. The number of fused-ring (bicyclic) bond motifs is 1. The maximum Gasteiger partial charge on any atom is 0.420 e. The number of nitrogens with one attached hydrogen (secondary N) is 1. The SMILES string of the molecule is O=C(O)Cn1c(=O)oc2ccc(C(=O)N3CCNCC3)cc21. The minimum atomic E-state index is -1.15. The van der Waals surface area contributed by atoms with Crippen LogP contribution in [0.2, 0.25) is 0 Å². The minimum Gasteiger partial charge on any atom is -0.480 e. The van der Waals surface area contributed by atoms with E-state index in [-0.39, 0.29) is 11.5 Å². The lowest BCUT2D eigenvalue weighted by Gasteiger charge is -2.27. The van der Waals surface area contributed by atoms with Gasteiger partial charge in [0.1, 0.15) is 6.54 Å². The van der Waals surface area contributed by atoms with Crippen molar-refractivity contribution in [2.24, 2.45) is 0 Å². The van der Waals surface area contributed by atoms with Crippen molar-refractivity contribution in [2.75, 3.05) is 26.2 Å². The molecule has 1 aliphatic heterocycles. The van der Waals surface area contributed by atoms with Gasteiger partial charge in [0.15, 0.2) is 5.58 Å². The van der Waals surface area contributed by atoms with Crippen molar-refractivity contribution in [3.63, 3.8) is 0 Å². The molecule has 1 aliphatic rings. The van der Waals surface area contributed by atoms with Crippen molar-refractivity contribution in [1.82, 2.24) is 14.8 Å². The molecular weight excluding hydrogens is 290 g/mol. The Hall–Kier alpha value is -2.61. The number of amides is 1. The highest BCUT2D eigenvalue weighted by atomic mass is 16.4. The Morgan fingerprint density at radius 2 is 2.00 bits per heavy atom. The standard InChI is InChI=1S/C14H15N3O5/c18-12(19)8-17-10-7-9(1-2-11(10)22-14(17)21)13(20)16-5-3-15-4-6-16/h1-2,7,15H,3-6,8H2,(H,18,19). The van der Waals surface area contributed by atoms with E-state index in [1.165, 1.54) is 12.1 Å². The summed E-state index contributed by atoms with van der Waals surface area (Å²) in [6, 6.07) is 4.61. The number of nitrogens with zero attached hydrogens (tertiary/aromatic N) is 2. The van der Waals surface area contributed by atoms with Crippen molar-refractivity contribution >= 4 is 23.0 Å². The molecule has 0 bridgehead atoms. The maximum atomic E-state index is 12.4. The van der Waals surface area contributed by atoms with Gasteiger partial charge in [-0.2, -0.15) is 0 Å². The summed E-state index contributed by atoms with van der Waals surface area (Å²) < 4.78 is 6.00. The molecule has 8 nitrogen and oxygen atoms in total. The largest absolute Gasteiger partial charge is 0.480 e. The van der Waals surface area contributed by atoms with Crippen molar-refractivity contribution in [1.29, 1.82) is 0 Å². The first kappa shape index (κ1) is 14.3. The number of aromatic nitrogens is 1. The second kappa shape index (κ2) is 5.64. The number of rotatable bonds is 3. The van der Waals surface area contributed by atoms with E-state index in [0.717, 1.165) is 17.7 Å². The number of oxazole rings is 1. The highest BCUT2D eigenvalue weighted by Gasteiger charge is 2.20. The van der Waals surface area contributed by atoms with Crippen LogP contribution in [-0.2, 0) is 11.3 Å². The van der Waals surface area contributed by atoms with E-state index in [0.29, 0.717) is 24.2 Å². The summed E-state index contributed by atoms with van der Waals surface area (Å²) in [5.41, 5.74) is 0.992. The number of benzene rings is 1. The van der Waals surface area contributed by atoms with Gasteiger partial charge in [-0.15, -0.1) is 0 Å². The predicted octanol–water partition coefficient (Wildman–Crippen LogP) is -0.275. The number of carbonyl (C=O) groups is 2. The van der Waals surface area contributed by atoms with Crippen LogP contribution in [0, 0.1) is 0 Å². The molecule has 22 heavy (non-hydrogen) atoms. The summed E-state index contributed by atoms with van der Waals surface area (Å²) in [7, 11) is 0. The van der Waals surface area contributed by atoms with E-state index >= 15 is 0 Å². The van der Waals surface area contributed by atoms with Gasteiger partial charge in [-0.25, -0.2) is 4.79 Å². The molecule has 2 aromatic rings. The van der Waals surface area contributed by atoms with Crippen LogP contribution < -0.4 is 11.1 Å². The molecule has 1 amide bonds. The zero-order valence-corrected chi connectivity index (χ0v) is 11.7. The first-order valence-electron chi connectivity index (χ1n) is 6.91. The molecule has 1 fully saturated rings. The Kier molecular flexibility index (Phi) is 3.68. The lowest BCUT2D eigenvalue weighted by molar-refractivity contribution is -0.137. The van der Waals surface area contributed by atoms with Crippen molar-refractivity contribution in [2.45, 2.75) is 6.54 Å². The third-order valence-electron chi connectivity index (χ3n) is 3.61. The molecule has 1 aromatic heterocycles. The summed E-state index contributed by atoms with van der Waals surface area (Å²) in [5.74, 6) is -2.04. The van der Waals surface area contributed by atoms with E-state index in [1.54, 1.807) is 11.0 Å². The topological polar surface area (TPSA) is 105 Å². The van der Waals surface area contributed by atoms with Gasteiger partial charge in [-0.1, -0.05) is 0 Å². The Bertz CT molecular complexity index is 785. The highest BCUT2D eigenvalue weighted by molar-refractivity contribution is 5.97.